The van der Waals surface area contributed by atoms with Crippen molar-refractivity contribution in [3.8, 4) is 5.75 Å². The van der Waals surface area contributed by atoms with Gasteiger partial charge in [-0.05, 0) is 24.6 Å². The first kappa shape index (κ1) is 16.5. The van der Waals surface area contributed by atoms with Gasteiger partial charge in [0, 0.05) is 32.3 Å². The summed E-state index contributed by atoms with van der Waals surface area (Å²) in [5.74, 6) is 0.981. The molecule has 1 aliphatic rings. The molecular weight excluding hydrogens is 304 g/mol. The highest BCUT2D eigenvalue weighted by Gasteiger charge is 2.34. The number of nitrogens with one attached hydrogen (secondary N) is 2. The van der Waals surface area contributed by atoms with E-state index in [2.05, 4.69) is 15.7 Å². The number of amides is 1. The molecule has 1 aromatic carbocycles. The Hall–Kier alpha value is -2.34. The van der Waals surface area contributed by atoms with Crippen molar-refractivity contribution in [1.82, 2.24) is 20.4 Å². The van der Waals surface area contributed by atoms with Gasteiger partial charge in [0.1, 0.15) is 11.9 Å². The minimum atomic E-state index is -0.0810. The fourth-order valence-electron chi connectivity index (χ4n) is 3.08. The van der Waals surface area contributed by atoms with Crippen molar-refractivity contribution in [3.63, 3.8) is 0 Å². The molecule has 2 N–H and O–H groups in total. The fraction of sp³-hybridized carbons (Fsp3) is 0.444. The predicted octanol–water partition coefficient (Wildman–Crippen LogP) is 1.31. The maximum absolute atomic E-state index is 12.6. The number of nitrogens with zero attached hydrogens (tertiary/aromatic N) is 2. The summed E-state index contributed by atoms with van der Waals surface area (Å²) < 4.78 is 7.57. The Morgan fingerprint density at radius 2 is 2.21 bits per heavy atom. The van der Waals surface area contributed by atoms with Gasteiger partial charge < -0.3 is 15.4 Å². The van der Waals surface area contributed by atoms with Crippen LogP contribution in [-0.4, -0.2) is 41.4 Å². The van der Waals surface area contributed by atoms with Gasteiger partial charge in [0.2, 0.25) is 5.91 Å². The van der Waals surface area contributed by atoms with Crippen molar-refractivity contribution in [1.29, 1.82) is 0 Å². The average Bonchev–Trinajstić information content (AvgIpc) is 3.22. The number of carbonyl (C=O) groups is 1. The number of hydrogen-bond donors (Lipinski definition) is 2. The van der Waals surface area contributed by atoms with Gasteiger partial charge in [-0.2, -0.15) is 5.10 Å². The number of ether oxygens (including phenoxy) is 1. The largest absolute Gasteiger partial charge is 0.489 e. The minimum Gasteiger partial charge on any atom is -0.489 e. The highest BCUT2D eigenvalue weighted by molar-refractivity contribution is 5.80. The zero-order valence-corrected chi connectivity index (χ0v) is 14.1. The normalized spacial score (nSPS) is 21.4. The van der Waals surface area contributed by atoms with Crippen molar-refractivity contribution in [2.45, 2.75) is 18.9 Å². The first-order valence-corrected chi connectivity index (χ1v) is 8.32. The van der Waals surface area contributed by atoms with Crippen LogP contribution in [0.4, 0.5) is 0 Å². The molecular formula is C18H24N4O2. The molecule has 1 unspecified atom stereocenters. The molecule has 0 aliphatic carbocycles. The summed E-state index contributed by atoms with van der Waals surface area (Å²) in [6, 6.07) is 9.65. The first-order chi connectivity index (χ1) is 11.6. The van der Waals surface area contributed by atoms with Crippen molar-refractivity contribution < 1.29 is 9.53 Å². The molecule has 6 nitrogen and oxygen atoms in total. The summed E-state index contributed by atoms with van der Waals surface area (Å²) in [5, 5.41) is 10.5. The van der Waals surface area contributed by atoms with E-state index in [9.17, 15) is 4.79 Å². The van der Waals surface area contributed by atoms with E-state index in [4.69, 9.17) is 4.74 Å². The lowest BCUT2D eigenvalue weighted by Crippen LogP contribution is -2.39. The summed E-state index contributed by atoms with van der Waals surface area (Å²) in [6.45, 7) is 3.95. The van der Waals surface area contributed by atoms with Crippen LogP contribution in [-0.2, 0) is 11.8 Å². The standard InChI is InChI=1S/C18H24N4O2/c1-13(24-15-6-4-3-5-7-15)8-20-18(23)17-11-19-10-16(17)14-9-21-22(2)12-14/h3-7,9,12-13,16-17,19H,8,10-11H2,1-2H3,(H,20,23)/t13?,16-,17+/m1/s1. The molecule has 0 spiro atoms. The van der Waals surface area contributed by atoms with Gasteiger partial charge >= 0.3 is 0 Å². The van der Waals surface area contributed by atoms with E-state index in [-0.39, 0.29) is 23.8 Å². The highest BCUT2D eigenvalue weighted by atomic mass is 16.5. The topological polar surface area (TPSA) is 68.2 Å². The Balaban J connectivity index is 1.52. The second kappa shape index (κ2) is 7.49. The van der Waals surface area contributed by atoms with Crippen LogP contribution in [0.15, 0.2) is 42.7 Å². The molecule has 3 atom stereocenters. The van der Waals surface area contributed by atoms with E-state index in [1.165, 1.54) is 0 Å². The molecule has 1 saturated heterocycles. The maximum Gasteiger partial charge on any atom is 0.225 e. The molecule has 2 aromatic rings. The Morgan fingerprint density at radius 3 is 2.92 bits per heavy atom. The van der Waals surface area contributed by atoms with Crippen LogP contribution in [0.3, 0.4) is 0 Å². The molecule has 24 heavy (non-hydrogen) atoms. The van der Waals surface area contributed by atoms with Crippen LogP contribution in [0, 0.1) is 5.92 Å². The number of aryl methyl sites for hydroxylation is 1. The van der Waals surface area contributed by atoms with Crippen molar-refractivity contribution >= 4 is 5.91 Å². The second-order valence-corrected chi connectivity index (χ2v) is 6.31. The second-order valence-electron chi connectivity index (χ2n) is 6.31. The number of hydrogen-bond acceptors (Lipinski definition) is 4. The molecule has 1 fully saturated rings. The highest BCUT2D eigenvalue weighted by Crippen LogP contribution is 2.27. The molecule has 3 rings (SSSR count). The molecule has 0 radical (unpaired) electrons. The summed E-state index contributed by atoms with van der Waals surface area (Å²) in [4.78, 5) is 12.6. The van der Waals surface area contributed by atoms with Crippen LogP contribution in [0.2, 0.25) is 0 Å². The van der Waals surface area contributed by atoms with Crippen molar-refractivity contribution in [2.75, 3.05) is 19.6 Å². The molecule has 0 bridgehead atoms. The fourth-order valence-corrected chi connectivity index (χ4v) is 3.08. The third-order valence-corrected chi connectivity index (χ3v) is 4.35. The van der Waals surface area contributed by atoms with Crippen molar-refractivity contribution in [2.24, 2.45) is 13.0 Å². The van der Waals surface area contributed by atoms with E-state index in [1.54, 1.807) is 4.68 Å². The summed E-state index contributed by atoms with van der Waals surface area (Å²) in [5.41, 5.74) is 1.11. The van der Waals surface area contributed by atoms with Gasteiger partial charge in [0.25, 0.3) is 0 Å². The summed E-state index contributed by atoms with van der Waals surface area (Å²) in [6.07, 6.45) is 3.75. The van der Waals surface area contributed by atoms with Crippen LogP contribution >= 0.6 is 0 Å². The number of carbonyl (C=O) groups excluding carboxylic acids is 1. The SMILES string of the molecule is CC(CNC(=O)[C@H]1CNC[C@@H]1c1cnn(C)c1)Oc1ccccc1. The quantitative estimate of drug-likeness (QED) is 0.839. The zero-order valence-electron chi connectivity index (χ0n) is 14.1. The monoisotopic (exact) mass is 328 g/mol. The van der Waals surface area contributed by atoms with E-state index in [1.807, 2.05) is 56.7 Å². The number of para-hydroxylation sites is 1. The van der Waals surface area contributed by atoms with Crippen LogP contribution in [0.1, 0.15) is 18.4 Å². The summed E-state index contributed by atoms with van der Waals surface area (Å²) >= 11 is 0. The van der Waals surface area contributed by atoms with Crippen LogP contribution < -0.4 is 15.4 Å². The lowest BCUT2D eigenvalue weighted by Gasteiger charge is -2.19. The van der Waals surface area contributed by atoms with Gasteiger partial charge in [0.05, 0.1) is 18.7 Å². The Kier molecular flexibility index (Phi) is 5.15. The smallest absolute Gasteiger partial charge is 0.225 e. The molecule has 0 saturated carbocycles. The maximum atomic E-state index is 12.6. The zero-order chi connectivity index (χ0) is 16.9. The molecule has 6 heteroatoms. The third-order valence-electron chi connectivity index (χ3n) is 4.35. The summed E-state index contributed by atoms with van der Waals surface area (Å²) in [7, 11) is 1.89. The Morgan fingerprint density at radius 1 is 1.42 bits per heavy atom. The molecule has 1 aromatic heterocycles. The number of rotatable bonds is 6. The van der Waals surface area contributed by atoms with E-state index in [0.717, 1.165) is 17.9 Å². The molecule has 128 valence electrons. The lowest BCUT2D eigenvalue weighted by molar-refractivity contribution is -0.125. The average molecular weight is 328 g/mol. The van der Waals surface area contributed by atoms with Gasteiger partial charge in [0.15, 0.2) is 0 Å². The lowest BCUT2D eigenvalue weighted by atomic mass is 9.90. The van der Waals surface area contributed by atoms with Crippen molar-refractivity contribution in [3.05, 3.63) is 48.3 Å². The van der Waals surface area contributed by atoms with Crippen LogP contribution in [0.5, 0.6) is 5.75 Å². The third kappa shape index (κ3) is 3.94. The van der Waals surface area contributed by atoms with E-state index >= 15 is 0 Å². The molecule has 2 heterocycles. The van der Waals surface area contributed by atoms with E-state index in [0.29, 0.717) is 13.1 Å². The Bertz CT molecular complexity index is 671. The van der Waals surface area contributed by atoms with Gasteiger partial charge in [-0.1, -0.05) is 18.2 Å². The van der Waals surface area contributed by atoms with E-state index < -0.39 is 0 Å². The van der Waals surface area contributed by atoms with Crippen LogP contribution in [0.25, 0.3) is 0 Å². The first-order valence-electron chi connectivity index (χ1n) is 8.32. The number of aromatic nitrogens is 2. The Labute approximate surface area is 142 Å². The van der Waals surface area contributed by atoms with Gasteiger partial charge in [-0.25, -0.2) is 0 Å². The predicted molar refractivity (Wildman–Crippen MR) is 91.9 cm³/mol. The molecule has 1 amide bonds. The number of benzene rings is 1. The molecule has 1 aliphatic heterocycles. The minimum absolute atomic E-state index is 0.0670. The van der Waals surface area contributed by atoms with Gasteiger partial charge in [-0.15, -0.1) is 0 Å². The van der Waals surface area contributed by atoms with Gasteiger partial charge in [-0.3, -0.25) is 9.48 Å².